The molecule has 8 rings (SSSR count). The Balaban J connectivity index is 1.80. The Labute approximate surface area is 432 Å². The van der Waals surface area contributed by atoms with Gasteiger partial charge in [0, 0.05) is 45.7 Å². The number of nitrogens with zero attached hydrogens (tertiary/aromatic N) is 1. The molecule has 1 aliphatic rings. The molecule has 0 aliphatic carbocycles. The van der Waals surface area contributed by atoms with Crippen molar-refractivity contribution < 1.29 is 30.7 Å². The summed E-state index contributed by atoms with van der Waals surface area (Å²) in [5, 5.41) is 0. The molecular weight excluding hydrogens is 1590 g/mol. The smallest absolute Gasteiger partial charge is 0.200 e. The third-order valence-corrected chi connectivity index (χ3v) is 20.1. The van der Waals surface area contributed by atoms with Crippen molar-refractivity contribution in [3.63, 3.8) is 0 Å². The maximum atomic E-state index is 16.3. The number of rotatable bonds is 3. The predicted molar refractivity (Wildman–Crippen MR) is 264 cm³/mol. The number of H-pyrrole nitrogens is 3. The fraction of sp³-hybridized carbons (Fsp3) is 0. The van der Waals surface area contributed by atoms with E-state index in [1.54, 1.807) is 0 Å². The average Bonchev–Trinajstić information content (AvgIpc) is 3.84. The molecule has 0 atom stereocenters. The molecule has 0 saturated carbocycles. The van der Waals surface area contributed by atoms with E-state index in [9.17, 15) is 13.2 Å². The first-order valence-corrected chi connectivity index (χ1v) is 25.4. The zero-order chi connectivity index (χ0) is 43.7. The zero-order valence-corrected chi connectivity index (χ0v) is 47.0. The van der Waals surface area contributed by atoms with Crippen LogP contribution in [0.3, 0.4) is 0 Å². The Morgan fingerprint density at radius 2 is 0.600 bits per heavy atom. The van der Waals surface area contributed by atoms with Crippen molar-refractivity contribution in [2.75, 3.05) is 0 Å². The first-order chi connectivity index (χ1) is 28.2. The molecule has 0 radical (unpaired) electrons. The van der Waals surface area contributed by atoms with Crippen LogP contribution >= 0.6 is 191 Å². The molecule has 7 aromatic rings. The van der Waals surface area contributed by atoms with Gasteiger partial charge in [0.2, 0.25) is 5.82 Å². The van der Waals surface area contributed by atoms with Crippen LogP contribution in [0.15, 0.2) is 69.0 Å². The van der Waals surface area contributed by atoms with Crippen molar-refractivity contribution in [3.05, 3.63) is 121 Å². The lowest BCUT2D eigenvalue weighted by atomic mass is 10.0. The molecule has 23 heteroatoms. The molecule has 308 valence electrons. The number of hydrogen-bond donors (Lipinski definition) is 3. The lowest BCUT2D eigenvalue weighted by Crippen LogP contribution is -2.04. The highest BCUT2D eigenvalue weighted by atomic mass is 79.9. The number of nitrogens with one attached hydrogen (secondary N) is 3. The Hall–Kier alpha value is -0.340. The van der Waals surface area contributed by atoms with Gasteiger partial charge < -0.3 is 15.0 Å². The van der Waals surface area contributed by atoms with E-state index in [0.29, 0.717) is 51.3 Å². The lowest BCUT2D eigenvalue weighted by molar-refractivity contribution is 0.381. The van der Waals surface area contributed by atoms with Crippen molar-refractivity contribution in [3.8, 4) is 33.4 Å². The molecule has 3 N–H and O–H groups in total. The Bertz CT molecular complexity index is 3210. The van der Waals surface area contributed by atoms with Crippen LogP contribution in [0.5, 0.6) is 0 Å². The monoisotopic (exact) mass is 1590 g/mol. The second-order valence-corrected chi connectivity index (χ2v) is 22.3. The molecule has 4 nitrogen and oxygen atoms in total. The maximum absolute atomic E-state index is 16.3. The third kappa shape index (κ3) is 7.26. The van der Waals surface area contributed by atoms with Crippen molar-refractivity contribution in [1.82, 2.24) is 19.9 Å². The van der Waals surface area contributed by atoms with Crippen LogP contribution < -0.4 is 0 Å². The van der Waals surface area contributed by atoms with Crippen molar-refractivity contribution in [2.24, 2.45) is 0 Å². The quantitative estimate of drug-likeness (QED) is 0.0922. The normalized spacial score (nSPS) is 12.5. The van der Waals surface area contributed by atoms with Gasteiger partial charge in [0.05, 0.1) is 80.2 Å². The van der Waals surface area contributed by atoms with Gasteiger partial charge in [0.15, 0.2) is 23.3 Å². The number of fused-ring (bicyclic) bond motifs is 9. The number of aromatic nitrogens is 4. The van der Waals surface area contributed by atoms with Crippen LogP contribution in [0.4, 0.5) is 30.7 Å². The number of aromatic amines is 3. The summed E-state index contributed by atoms with van der Waals surface area (Å²) in [6, 6.07) is 4.90. The lowest BCUT2D eigenvalue weighted by Gasteiger charge is -2.12. The summed E-state index contributed by atoms with van der Waals surface area (Å²) >= 11 is 43.1. The van der Waals surface area contributed by atoms with Gasteiger partial charge in [-0.1, -0.05) is 63.7 Å². The SMILES string of the molecule is Fc1cc(Br)c(-c2c3nc(c4[nH]c(c(Br)c4Br)c(-c4c(Br)cc(F)cc4Br)c4[nH]c(c(Br)c4Br)c(-c4c(F)c(F)c(F)c(F)c4F)c4[nH]c2c(Br)c4Br)C(Br)=C3Br)c(Br)c1. The highest BCUT2D eigenvalue weighted by molar-refractivity contribution is 9.18. The van der Waals surface area contributed by atoms with Gasteiger partial charge in [0.25, 0.3) is 0 Å². The fourth-order valence-corrected chi connectivity index (χ4v) is 13.6. The first kappa shape index (κ1) is 46.2. The van der Waals surface area contributed by atoms with Crippen LogP contribution in [-0.2, 0) is 0 Å². The molecule has 3 aromatic carbocycles. The summed E-state index contributed by atoms with van der Waals surface area (Å²) < 4.78 is 111. The Morgan fingerprint density at radius 3 is 1.00 bits per heavy atom. The molecular formula is C37H7Br12F7N4. The van der Waals surface area contributed by atoms with Crippen LogP contribution in [0, 0.1) is 40.7 Å². The van der Waals surface area contributed by atoms with E-state index >= 15 is 17.6 Å². The van der Waals surface area contributed by atoms with Crippen molar-refractivity contribution in [1.29, 1.82) is 0 Å². The van der Waals surface area contributed by atoms with Gasteiger partial charge in [-0.15, -0.1) is 0 Å². The van der Waals surface area contributed by atoms with Crippen molar-refractivity contribution in [2.45, 2.75) is 0 Å². The minimum absolute atomic E-state index is 0.0717. The highest BCUT2D eigenvalue weighted by Crippen LogP contribution is 2.54. The van der Waals surface area contributed by atoms with Gasteiger partial charge in [-0.05, 0) is 152 Å². The number of hydrogen-bond acceptors (Lipinski definition) is 1. The zero-order valence-electron chi connectivity index (χ0n) is 27.9. The fourth-order valence-electron chi connectivity index (χ4n) is 6.63. The summed E-state index contributed by atoms with van der Waals surface area (Å²) in [5.41, 5.74) is 0.833. The molecule has 0 spiro atoms. The first-order valence-electron chi connectivity index (χ1n) is 15.8. The third-order valence-electron chi connectivity index (χ3n) is 9.17. The molecule has 0 unspecified atom stereocenters. The summed E-state index contributed by atoms with van der Waals surface area (Å²) in [5.74, 6) is -12.2. The number of benzene rings is 3. The van der Waals surface area contributed by atoms with E-state index < -0.39 is 51.8 Å². The van der Waals surface area contributed by atoms with Crippen LogP contribution in [-0.4, -0.2) is 19.9 Å². The van der Waals surface area contributed by atoms with Crippen molar-refractivity contribution >= 4 is 233 Å². The van der Waals surface area contributed by atoms with Crippen LogP contribution in [0.25, 0.3) is 75.4 Å². The molecule has 0 amide bonds. The van der Waals surface area contributed by atoms with E-state index in [0.717, 1.165) is 0 Å². The number of halogens is 19. The summed E-state index contributed by atoms with van der Waals surface area (Å²) in [6.45, 7) is 0. The largest absolute Gasteiger partial charge is 0.352 e. The maximum Gasteiger partial charge on any atom is 0.200 e. The molecule has 1 aliphatic heterocycles. The van der Waals surface area contributed by atoms with Gasteiger partial charge in [-0.3, -0.25) is 0 Å². The van der Waals surface area contributed by atoms with E-state index in [2.05, 4.69) is 206 Å². The molecule has 60 heavy (non-hydrogen) atoms. The van der Waals surface area contributed by atoms with Gasteiger partial charge in [-0.25, -0.2) is 35.7 Å². The van der Waals surface area contributed by atoms with E-state index in [-0.39, 0.29) is 69.1 Å². The van der Waals surface area contributed by atoms with Gasteiger partial charge >= 0.3 is 0 Å². The topological polar surface area (TPSA) is 60.3 Å². The second-order valence-electron chi connectivity index (χ2n) is 12.5. The Kier molecular flexibility index (Phi) is 13.2. The summed E-state index contributed by atoms with van der Waals surface area (Å²) in [7, 11) is 0. The van der Waals surface area contributed by atoms with E-state index in [4.69, 9.17) is 4.98 Å². The Morgan fingerprint density at radius 1 is 0.317 bits per heavy atom. The minimum Gasteiger partial charge on any atom is -0.352 e. The summed E-state index contributed by atoms with van der Waals surface area (Å²) in [6.07, 6.45) is 0. The minimum atomic E-state index is -2.36. The van der Waals surface area contributed by atoms with Crippen LogP contribution in [0.1, 0.15) is 11.4 Å². The molecule has 5 heterocycles. The van der Waals surface area contributed by atoms with Gasteiger partial charge in [0.1, 0.15) is 17.3 Å². The molecule has 0 saturated heterocycles. The van der Waals surface area contributed by atoms with E-state index in [1.807, 2.05) is 0 Å². The molecule has 4 aromatic heterocycles. The highest BCUT2D eigenvalue weighted by Gasteiger charge is 2.33. The second kappa shape index (κ2) is 17.1. The van der Waals surface area contributed by atoms with E-state index in [1.165, 1.54) is 24.3 Å². The standard InChI is InChI=1S/C37H7Br12F7N4/c38-7-1-5(50)2-8(39)11(7)14-30-17(42)19(44)34(57-30)16(13-25(52)27(54)29(56)28(55)26(13)53)35-20(45)18(43)31(58-35)15(12-9(40)3-6(51)4-10(12)41)33-22(47)24(49)37(60-33)36-23(48)21(46)32(14)59-36/h1-4,57-59H. The average molecular weight is 1600 g/mol. The van der Waals surface area contributed by atoms with Crippen LogP contribution in [0.2, 0.25) is 0 Å². The summed E-state index contributed by atoms with van der Waals surface area (Å²) in [4.78, 5) is 14.9. The molecule has 0 fully saturated rings. The van der Waals surface area contributed by atoms with Gasteiger partial charge in [-0.2, -0.15) is 0 Å². The molecule has 8 bridgehead atoms. The predicted octanol–water partition coefficient (Wildman–Crippen LogP) is 19.7.